The Bertz CT molecular complexity index is 1070. The number of morpholine rings is 1. The zero-order valence-electron chi connectivity index (χ0n) is 16.3. The standard InChI is InChI=1S/C21H23N5O3/c1-2-26-21(28)17-6-4-3-5-16(17)19(24-26)20(27)23-14-15-7-8-18(22-13-15)25-9-11-29-12-10-25/h3-8,13H,2,9-12,14H2,1H3,(H,23,27). The number of amides is 1. The Morgan fingerprint density at radius 2 is 1.90 bits per heavy atom. The summed E-state index contributed by atoms with van der Waals surface area (Å²) in [4.78, 5) is 31.9. The van der Waals surface area contributed by atoms with Crippen LogP contribution in [-0.4, -0.2) is 47.0 Å². The van der Waals surface area contributed by atoms with Crippen molar-refractivity contribution in [3.05, 3.63) is 64.2 Å². The molecule has 0 bridgehead atoms. The van der Waals surface area contributed by atoms with Crippen LogP contribution in [-0.2, 0) is 17.8 Å². The quantitative estimate of drug-likeness (QED) is 0.708. The van der Waals surface area contributed by atoms with Crippen LogP contribution < -0.4 is 15.8 Å². The van der Waals surface area contributed by atoms with Crippen molar-refractivity contribution < 1.29 is 9.53 Å². The third-order valence-electron chi connectivity index (χ3n) is 4.98. The van der Waals surface area contributed by atoms with Crippen molar-refractivity contribution in [2.24, 2.45) is 0 Å². The van der Waals surface area contributed by atoms with Crippen molar-refractivity contribution in [3.8, 4) is 0 Å². The second-order valence-corrected chi connectivity index (χ2v) is 6.82. The van der Waals surface area contributed by atoms with Gasteiger partial charge in [-0.1, -0.05) is 24.3 Å². The molecule has 0 aliphatic carbocycles. The van der Waals surface area contributed by atoms with Crippen LogP contribution in [0, 0.1) is 0 Å². The van der Waals surface area contributed by atoms with E-state index in [4.69, 9.17) is 4.74 Å². The molecule has 0 radical (unpaired) electrons. The number of benzene rings is 1. The minimum absolute atomic E-state index is 0.192. The second kappa shape index (κ2) is 8.40. The Labute approximate surface area is 168 Å². The van der Waals surface area contributed by atoms with Gasteiger partial charge in [-0.2, -0.15) is 5.10 Å². The maximum atomic E-state index is 12.8. The third-order valence-corrected chi connectivity index (χ3v) is 4.98. The van der Waals surface area contributed by atoms with E-state index in [0.29, 0.717) is 37.1 Å². The lowest BCUT2D eigenvalue weighted by Gasteiger charge is -2.27. The number of nitrogens with zero attached hydrogens (tertiary/aromatic N) is 4. The number of pyridine rings is 1. The number of carbonyl (C=O) groups excluding carboxylic acids is 1. The van der Waals surface area contributed by atoms with Crippen LogP contribution >= 0.6 is 0 Å². The number of fused-ring (bicyclic) bond motifs is 1. The van der Waals surface area contributed by atoms with E-state index >= 15 is 0 Å². The topological polar surface area (TPSA) is 89.3 Å². The van der Waals surface area contributed by atoms with Gasteiger partial charge < -0.3 is 15.0 Å². The molecule has 8 heteroatoms. The lowest BCUT2D eigenvalue weighted by atomic mass is 10.1. The number of carbonyl (C=O) groups is 1. The lowest BCUT2D eigenvalue weighted by molar-refractivity contribution is 0.0945. The monoisotopic (exact) mass is 393 g/mol. The summed E-state index contributed by atoms with van der Waals surface area (Å²) in [5.41, 5.74) is 0.950. The van der Waals surface area contributed by atoms with Crippen LogP contribution in [0.25, 0.3) is 10.8 Å². The van der Waals surface area contributed by atoms with Gasteiger partial charge >= 0.3 is 0 Å². The van der Waals surface area contributed by atoms with Gasteiger partial charge in [0, 0.05) is 37.8 Å². The van der Waals surface area contributed by atoms with Crippen molar-refractivity contribution in [3.63, 3.8) is 0 Å². The first-order chi connectivity index (χ1) is 14.2. The summed E-state index contributed by atoms with van der Waals surface area (Å²) in [6.07, 6.45) is 1.77. The van der Waals surface area contributed by atoms with E-state index in [1.54, 1.807) is 30.5 Å². The number of aromatic nitrogens is 3. The smallest absolute Gasteiger partial charge is 0.274 e. The Morgan fingerprint density at radius 1 is 1.14 bits per heavy atom. The van der Waals surface area contributed by atoms with Crippen molar-refractivity contribution in [1.82, 2.24) is 20.1 Å². The normalized spacial score (nSPS) is 14.2. The minimum atomic E-state index is -0.319. The van der Waals surface area contributed by atoms with E-state index in [1.165, 1.54) is 4.68 Å². The van der Waals surface area contributed by atoms with Gasteiger partial charge in [0.2, 0.25) is 0 Å². The number of anilines is 1. The first kappa shape index (κ1) is 19.1. The molecule has 0 atom stereocenters. The van der Waals surface area contributed by atoms with Crippen LogP contribution in [0.3, 0.4) is 0 Å². The summed E-state index contributed by atoms with van der Waals surface area (Å²) in [7, 11) is 0. The van der Waals surface area contributed by atoms with Gasteiger partial charge in [-0.05, 0) is 24.6 Å². The first-order valence-corrected chi connectivity index (χ1v) is 9.73. The molecule has 29 heavy (non-hydrogen) atoms. The van der Waals surface area contributed by atoms with Crippen molar-refractivity contribution >= 4 is 22.5 Å². The Hall–Kier alpha value is -3.26. The summed E-state index contributed by atoms with van der Waals surface area (Å²) in [5.74, 6) is 0.590. The number of aryl methyl sites for hydroxylation is 1. The maximum absolute atomic E-state index is 12.8. The highest BCUT2D eigenvalue weighted by molar-refractivity contribution is 6.04. The molecule has 1 amide bonds. The summed E-state index contributed by atoms with van der Waals surface area (Å²) in [6.45, 7) is 5.63. The molecular formula is C21H23N5O3. The van der Waals surface area contributed by atoms with Crippen molar-refractivity contribution in [2.45, 2.75) is 20.0 Å². The van der Waals surface area contributed by atoms with Gasteiger partial charge in [0.15, 0.2) is 5.69 Å². The van der Waals surface area contributed by atoms with Crippen molar-refractivity contribution in [2.75, 3.05) is 31.2 Å². The molecule has 0 spiro atoms. The predicted octanol–water partition coefficient (Wildman–Crippen LogP) is 1.58. The highest BCUT2D eigenvalue weighted by atomic mass is 16.5. The molecule has 4 rings (SSSR count). The van der Waals surface area contributed by atoms with Gasteiger partial charge in [-0.3, -0.25) is 9.59 Å². The maximum Gasteiger partial charge on any atom is 0.274 e. The zero-order valence-corrected chi connectivity index (χ0v) is 16.3. The number of rotatable bonds is 5. The molecule has 1 aliphatic rings. The van der Waals surface area contributed by atoms with Crippen LogP contribution in [0.4, 0.5) is 5.82 Å². The molecule has 1 saturated heterocycles. The fourth-order valence-electron chi connectivity index (χ4n) is 3.38. The predicted molar refractivity (Wildman–Crippen MR) is 110 cm³/mol. The van der Waals surface area contributed by atoms with E-state index in [-0.39, 0.29) is 17.2 Å². The van der Waals surface area contributed by atoms with E-state index in [0.717, 1.165) is 24.5 Å². The first-order valence-electron chi connectivity index (χ1n) is 9.73. The van der Waals surface area contributed by atoms with Crippen LogP contribution in [0.2, 0.25) is 0 Å². The molecular weight excluding hydrogens is 370 g/mol. The van der Waals surface area contributed by atoms with Gasteiger partial charge in [0.1, 0.15) is 5.82 Å². The molecule has 1 aliphatic heterocycles. The SMILES string of the molecule is CCn1nc(C(=O)NCc2ccc(N3CCOCC3)nc2)c2ccccc2c1=O. The summed E-state index contributed by atoms with van der Waals surface area (Å²) >= 11 is 0. The lowest BCUT2D eigenvalue weighted by Crippen LogP contribution is -2.36. The molecule has 1 fully saturated rings. The molecule has 0 saturated carbocycles. The Balaban J connectivity index is 1.50. The summed E-state index contributed by atoms with van der Waals surface area (Å²) in [6, 6.07) is 11.0. The molecule has 1 aromatic carbocycles. The average molecular weight is 393 g/mol. The fourth-order valence-corrected chi connectivity index (χ4v) is 3.38. The molecule has 2 aromatic heterocycles. The minimum Gasteiger partial charge on any atom is -0.378 e. The second-order valence-electron chi connectivity index (χ2n) is 6.82. The number of hydrogen-bond acceptors (Lipinski definition) is 6. The van der Waals surface area contributed by atoms with Gasteiger partial charge in [0.05, 0.1) is 18.6 Å². The molecule has 1 N–H and O–H groups in total. The summed E-state index contributed by atoms with van der Waals surface area (Å²) in [5, 5.41) is 8.20. The summed E-state index contributed by atoms with van der Waals surface area (Å²) < 4.78 is 6.68. The van der Waals surface area contributed by atoms with E-state index in [2.05, 4.69) is 20.3 Å². The molecule has 150 valence electrons. The van der Waals surface area contributed by atoms with E-state index in [1.807, 2.05) is 19.1 Å². The van der Waals surface area contributed by atoms with Crippen LogP contribution in [0.5, 0.6) is 0 Å². The van der Waals surface area contributed by atoms with Crippen molar-refractivity contribution in [1.29, 1.82) is 0 Å². The highest BCUT2D eigenvalue weighted by Crippen LogP contribution is 2.15. The third kappa shape index (κ3) is 3.97. The van der Waals surface area contributed by atoms with E-state index < -0.39 is 0 Å². The molecule has 3 aromatic rings. The van der Waals surface area contributed by atoms with Gasteiger partial charge in [0.25, 0.3) is 11.5 Å². The molecule has 8 nitrogen and oxygen atoms in total. The average Bonchev–Trinajstić information content (AvgIpc) is 2.79. The fraction of sp³-hybridized carbons (Fsp3) is 0.333. The van der Waals surface area contributed by atoms with Gasteiger partial charge in [-0.15, -0.1) is 0 Å². The molecule has 3 heterocycles. The number of nitrogens with one attached hydrogen (secondary N) is 1. The van der Waals surface area contributed by atoms with E-state index in [9.17, 15) is 9.59 Å². The van der Waals surface area contributed by atoms with Gasteiger partial charge in [-0.25, -0.2) is 9.67 Å². The highest BCUT2D eigenvalue weighted by Gasteiger charge is 2.16. The largest absolute Gasteiger partial charge is 0.378 e. The van der Waals surface area contributed by atoms with Crippen LogP contribution in [0.1, 0.15) is 23.0 Å². The number of ether oxygens (including phenoxy) is 1. The van der Waals surface area contributed by atoms with Crippen LogP contribution in [0.15, 0.2) is 47.4 Å². The Kier molecular flexibility index (Phi) is 5.53. The Morgan fingerprint density at radius 3 is 2.59 bits per heavy atom. The molecule has 0 unspecified atom stereocenters. The number of hydrogen-bond donors (Lipinski definition) is 1. The zero-order chi connectivity index (χ0) is 20.2.